The summed E-state index contributed by atoms with van der Waals surface area (Å²) in [6.07, 6.45) is -4.26. The van der Waals surface area contributed by atoms with Crippen molar-refractivity contribution in [2.24, 2.45) is 0 Å². The molecule has 0 saturated heterocycles. The molecule has 0 fully saturated rings. The molecule has 0 aliphatic carbocycles. The molecule has 0 radical (unpaired) electrons. The highest BCUT2D eigenvalue weighted by molar-refractivity contribution is 9.10. The van der Waals surface area contributed by atoms with Crippen LogP contribution in [0.2, 0.25) is 0 Å². The lowest BCUT2D eigenvalue weighted by molar-refractivity contribution is -0.141. The summed E-state index contributed by atoms with van der Waals surface area (Å²) >= 11 is 2.85. The van der Waals surface area contributed by atoms with Crippen LogP contribution >= 0.6 is 15.9 Å². The van der Waals surface area contributed by atoms with Crippen molar-refractivity contribution in [3.63, 3.8) is 0 Å². The second-order valence-electron chi connectivity index (χ2n) is 2.21. The molecule has 70 valence electrons. The number of aldehydes is 1. The van der Waals surface area contributed by atoms with Gasteiger partial charge >= 0.3 is 6.18 Å². The largest absolute Gasteiger partial charge is 0.433 e. The number of rotatable bonds is 1. The van der Waals surface area contributed by atoms with Gasteiger partial charge in [0, 0.05) is 4.47 Å². The Bertz CT molecular complexity index is 337. The first kappa shape index (κ1) is 10.2. The van der Waals surface area contributed by atoms with Crippen LogP contribution in [-0.2, 0) is 6.18 Å². The van der Waals surface area contributed by atoms with Gasteiger partial charge < -0.3 is 0 Å². The summed E-state index contributed by atoms with van der Waals surface area (Å²) in [5.41, 5.74) is -1.33. The van der Waals surface area contributed by atoms with Gasteiger partial charge in [-0.2, -0.15) is 13.2 Å². The van der Waals surface area contributed by atoms with Crippen LogP contribution in [0, 0.1) is 0 Å². The first-order chi connectivity index (χ1) is 5.93. The Morgan fingerprint density at radius 1 is 1.38 bits per heavy atom. The maximum atomic E-state index is 12.1. The molecule has 13 heavy (non-hydrogen) atoms. The van der Waals surface area contributed by atoms with E-state index in [0.29, 0.717) is 0 Å². The van der Waals surface area contributed by atoms with Crippen molar-refractivity contribution in [2.45, 2.75) is 6.18 Å². The minimum absolute atomic E-state index is 0.178. The van der Waals surface area contributed by atoms with E-state index in [1.54, 1.807) is 0 Å². The van der Waals surface area contributed by atoms with Gasteiger partial charge in [0.05, 0.1) is 0 Å². The van der Waals surface area contributed by atoms with Crippen LogP contribution in [-0.4, -0.2) is 11.3 Å². The van der Waals surface area contributed by atoms with E-state index >= 15 is 0 Å². The third kappa shape index (κ3) is 2.51. The van der Waals surface area contributed by atoms with Crippen LogP contribution in [0.25, 0.3) is 0 Å². The molecule has 1 heterocycles. The van der Waals surface area contributed by atoms with Gasteiger partial charge in [0.25, 0.3) is 0 Å². The fraction of sp³-hybridized carbons (Fsp3) is 0.143. The molecule has 0 bridgehead atoms. The normalized spacial score (nSPS) is 11.4. The number of carbonyl (C=O) groups excluding carboxylic acids is 1. The van der Waals surface area contributed by atoms with Gasteiger partial charge in [-0.25, -0.2) is 4.98 Å². The van der Waals surface area contributed by atoms with Gasteiger partial charge in [-0.15, -0.1) is 0 Å². The highest BCUT2D eigenvalue weighted by Gasteiger charge is 2.32. The molecular weight excluding hydrogens is 251 g/mol. The number of nitrogens with zero attached hydrogens (tertiary/aromatic N) is 1. The van der Waals surface area contributed by atoms with E-state index in [4.69, 9.17) is 0 Å². The fourth-order valence-electron chi connectivity index (χ4n) is 0.723. The third-order valence-corrected chi connectivity index (χ3v) is 1.68. The van der Waals surface area contributed by atoms with Crippen molar-refractivity contribution in [3.05, 3.63) is 28.0 Å². The summed E-state index contributed by atoms with van der Waals surface area (Å²) in [4.78, 5) is 13.3. The van der Waals surface area contributed by atoms with Crippen molar-refractivity contribution in [1.29, 1.82) is 0 Å². The van der Waals surface area contributed by atoms with Crippen LogP contribution < -0.4 is 0 Å². The van der Waals surface area contributed by atoms with Crippen LogP contribution in [0.15, 0.2) is 16.6 Å². The van der Waals surface area contributed by atoms with E-state index in [9.17, 15) is 18.0 Å². The van der Waals surface area contributed by atoms with Gasteiger partial charge in [-0.1, -0.05) is 15.9 Å². The molecular formula is C7H3BrF3NO. The highest BCUT2D eigenvalue weighted by Crippen LogP contribution is 2.29. The van der Waals surface area contributed by atoms with Crippen molar-refractivity contribution >= 4 is 22.2 Å². The molecule has 0 saturated carbocycles. The fourth-order valence-corrected chi connectivity index (χ4v) is 1.17. The third-order valence-electron chi connectivity index (χ3n) is 1.22. The zero-order chi connectivity index (χ0) is 10.1. The van der Waals surface area contributed by atoms with Crippen LogP contribution in [0.5, 0.6) is 0 Å². The SMILES string of the molecule is O=Cc1cc(Br)cc(C(F)(F)F)n1. The Morgan fingerprint density at radius 2 is 2.00 bits per heavy atom. The van der Waals surface area contributed by atoms with Crippen molar-refractivity contribution < 1.29 is 18.0 Å². The summed E-state index contributed by atoms with van der Waals surface area (Å²) in [6.45, 7) is 0. The monoisotopic (exact) mass is 253 g/mol. The minimum Gasteiger partial charge on any atom is -0.296 e. The second-order valence-corrected chi connectivity index (χ2v) is 3.13. The number of hydrogen-bond acceptors (Lipinski definition) is 2. The predicted molar refractivity (Wildman–Crippen MR) is 42.3 cm³/mol. The van der Waals surface area contributed by atoms with Crippen LogP contribution in [0.1, 0.15) is 16.2 Å². The zero-order valence-electron chi connectivity index (χ0n) is 6.10. The van der Waals surface area contributed by atoms with Crippen molar-refractivity contribution in [3.8, 4) is 0 Å². The summed E-state index contributed by atoms with van der Waals surface area (Å²) in [5, 5.41) is 0. The number of halogens is 4. The summed E-state index contributed by atoms with van der Waals surface area (Å²) in [6, 6.07) is 2.02. The number of aromatic nitrogens is 1. The van der Waals surface area contributed by atoms with Crippen molar-refractivity contribution in [2.75, 3.05) is 0 Å². The van der Waals surface area contributed by atoms with Crippen LogP contribution in [0.3, 0.4) is 0 Å². The quantitative estimate of drug-likeness (QED) is 0.721. The molecule has 1 aromatic rings. The van der Waals surface area contributed by atoms with E-state index in [1.165, 1.54) is 6.07 Å². The van der Waals surface area contributed by atoms with Gasteiger partial charge in [0.1, 0.15) is 11.4 Å². The predicted octanol–water partition coefficient (Wildman–Crippen LogP) is 2.68. The molecule has 0 amide bonds. The van der Waals surface area contributed by atoms with Crippen LogP contribution in [0.4, 0.5) is 13.2 Å². The molecule has 0 atom stereocenters. The van der Waals surface area contributed by atoms with Gasteiger partial charge in [-0.3, -0.25) is 4.79 Å². The standard InChI is InChI=1S/C7H3BrF3NO/c8-4-1-5(3-13)12-6(2-4)7(9,10)11/h1-3H. The molecule has 1 aromatic heterocycles. The van der Waals surface area contributed by atoms with Gasteiger partial charge in [-0.05, 0) is 12.1 Å². The topological polar surface area (TPSA) is 30.0 Å². The smallest absolute Gasteiger partial charge is 0.296 e. The maximum absolute atomic E-state index is 12.1. The first-order valence-corrected chi connectivity index (χ1v) is 3.93. The first-order valence-electron chi connectivity index (χ1n) is 3.13. The number of alkyl halides is 3. The average Bonchev–Trinajstić information content (AvgIpc) is 2.01. The second kappa shape index (κ2) is 3.45. The molecule has 6 heteroatoms. The van der Waals surface area contributed by atoms with Crippen molar-refractivity contribution in [1.82, 2.24) is 4.98 Å². The lowest BCUT2D eigenvalue weighted by Gasteiger charge is -2.05. The van der Waals surface area contributed by atoms with Gasteiger partial charge in [0.2, 0.25) is 0 Å². The molecule has 2 nitrogen and oxygen atoms in total. The zero-order valence-corrected chi connectivity index (χ0v) is 7.69. The maximum Gasteiger partial charge on any atom is 0.433 e. The highest BCUT2D eigenvalue weighted by atomic mass is 79.9. The molecule has 0 aliphatic rings. The lowest BCUT2D eigenvalue weighted by Crippen LogP contribution is -2.09. The lowest BCUT2D eigenvalue weighted by atomic mass is 10.3. The average molecular weight is 254 g/mol. The number of pyridine rings is 1. The Balaban J connectivity index is 3.24. The number of carbonyl (C=O) groups is 1. The Hall–Kier alpha value is -0.910. The Morgan fingerprint density at radius 3 is 2.46 bits per heavy atom. The molecule has 0 aromatic carbocycles. The van der Waals surface area contributed by atoms with E-state index in [0.717, 1.165) is 6.07 Å². The molecule has 0 aliphatic heterocycles. The Kier molecular flexibility index (Phi) is 2.70. The van der Waals surface area contributed by atoms with E-state index in [1.807, 2.05) is 0 Å². The molecule has 0 unspecified atom stereocenters. The van der Waals surface area contributed by atoms with Gasteiger partial charge in [0.15, 0.2) is 6.29 Å². The Labute approximate surface area is 79.9 Å². The van der Waals surface area contributed by atoms with E-state index in [2.05, 4.69) is 20.9 Å². The van der Waals surface area contributed by atoms with E-state index in [-0.39, 0.29) is 16.5 Å². The molecule has 0 N–H and O–H groups in total. The minimum atomic E-state index is -4.53. The summed E-state index contributed by atoms with van der Waals surface area (Å²) in [5.74, 6) is 0. The molecule has 1 rings (SSSR count). The number of hydrogen-bond donors (Lipinski definition) is 0. The summed E-state index contributed by atoms with van der Waals surface area (Å²) < 4.78 is 36.4. The molecule has 0 spiro atoms. The summed E-state index contributed by atoms with van der Waals surface area (Å²) in [7, 11) is 0. The van der Waals surface area contributed by atoms with E-state index < -0.39 is 11.9 Å².